The molecule has 2 atom stereocenters. The van der Waals surface area contributed by atoms with Crippen molar-refractivity contribution >= 4 is 18.1 Å². The lowest BCUT2D eigenvalue weighted by Gasteiger charge is -2.19. The molecule has 0 aliphatic heterocycles. The number of carbonyl (C=O) groups excluding carboxylic acids is 1. The van der Waals surface area contributed by atoms with Gasteiger partial charge in [0.2, 0.25) is 5.91 Å². The summed E-state index contributed by atoms with van der Waals surface area (Å²) in [6.07, 6.45) is 5.73. The molecule has 25 heavy (non-hydrogen) atoms. The smallest absolute Gasteiger partial charge is 0.405 e. The predicted octanol–water partition coefficient (Wildman–Crippen LogP) is 1.87. The number of benzene rings is 1. The third kappa shape index (κ3) is 6.42. The molecular formula is C18H20N4O3. The molecule has 0 fully saturated rings. The third-order valence-corrected chi connectivity index (χ3v) is 3.39. The number of nitrogens with zero attached hydrogens (tertiary/aromatic N) is 2. The maximum atomic E-state index is 12.4. The standard InChI is InChI=1S/C18H20N4O3/c1-13(8-9-16-19-10-5-11-20-16)21-17(23)15(22-18(24)25)12-14-6-3-2-4-7-14/h2-11,13,15,22H,12H2,1H3,(H,21,23)(H,24,25)/b9-8+. The van der Waals surface area contributed by atoms with Crippen molar-refractivity contribution in [3.05, 3.63) is 66.3 Å². The minimum atomic E-state index is -1.24. The molecule has 2 aromatic rings. The van der Waals surface area contributed by atoms with Gasteiger partial charge < -0.3 is 15.7 Å². The Kier molecular flexibility index (Phi) is 6.65. The van der Waals surface area contributed by atoms with Gasteiger partial charge in [-0.05, 0) is 24.6 Å². The highest BCUT2D eigenvalue weighted by Gasteiger charge is 2.21. The van der Waals surface area contributed by atoms with Crippen LogP contribution < -0.4 is 10.6 Å². The van der Waals surface area contributed by atoms with Crippen LogP contribution in [0.2, 0.25) is 0 Å². The minimum absolute atomic E-state index is 0.275. The molecule has 0 spiro atoms. The zero-order valence-electron chi connectivity index (χ0n) is 13.8. The summed E-state index contributed by atoms with van der Waals surface area (Å²) in [5.74, 6) is 0.144. The van der Waals surface area contributed by atoms with Crippen LogP contribution in [0.4, 0.5) is 4.79 Å². The van der Waals surface area contributed by atoms with Crippen LogP contribution in [-0.2, 0) is 11.2 Å². The molecule has 7 nitrogen and oxygen atoms in total. The summed E-state index contributed by atoms with van der Waals surface area (Å²) in [7, 11) is 0. The molecule has 130 valence electrons. The van der Waals surface area contributed by atoms with Crippen LogP contribution in [0, 0.1) is 0 Å². The number of hydrogen-bond donors (Lipinski definition) is 3. The summed E-state index contributed by atoms with van der Waals surface area (Å²) in [6.45, 7) is 1.79. The van der Waals surface area contributed by atoms with Crippen molar-refractivity contribution in [1.82, 2.24) is 20.6 Å². The van der Waals surface area contributed by atoms with Gasteiger partial charge in [0.05, 0.1) is 0 Å². The lowest BCUT2D eigenvalue weighted by Crippen LogP contribution is -2.49. The average molecular weight is 340 g/mol. The van der Waals surface area contributed by atoms with Gasteiger partial charge in [-0.3, -0.25) is 4.79 Å². The molecule has 2 rings (SSSR count). The van der Waals surface area contributed by atoms with Gasteiger partial charge in [0, 0.05) is 24.9 Å². The highest BCUT2D eigenvalue weighted by molar-refractivity contribution is 5.86. The Bertz CT molecular complexity index is 720. The topological polar surface area (TPSA) is 104 Å². The van der Waals surface area contributed by atoms with Crippen LogP contribution in [0.3, 0.4) is 0 Å². The number of rotatable bonds is 7. The number of amides is 2. The lowest BCUT2D eigenvalue weighted by molar-refractivity contribution is -0.123. The van der Waals surface area contributed by atoms with Crippen LogP contribution in [-0.4, -0.2) is 39.2 Å². The quantitative estimate of drug-likeness (QED) is 0.714. The molecule has 3 N–H and O–H groups in total. The van der Waals surface area contributed by atoms with E-state index >= 15 is 0 Å². The van der Waals surface area contributed by atoms with Crippen LogP contribution in [0.15, 0.2) is 54.9 Å². The van der Waals surface area contributed by atoms with Crippen LogP contribution >= 0.6 is 0 Å². The molecule has 0 radical (unpaired) electrons. The van der Waals surface area contributed by atoms with E-state index in [1.165, 1.54) is 0 Å². The molecule has 7 heteroatoms. The summed E-state index contributed by atoms with van der Waals surface area (Å²) >= 11 is 0. The Balaban J connectivity index is 1.98. The summed E-state index contributed by atoms with van der Waals surface area (Å²) < 4.78 is 0. The Morgan fingerprint density at radius 1 is 1.12 bits per heavy atom. The van der Waals surface area contributed by atoms with Gasteiger partial charge in [-0.2, -0.15) is 0 Å². The van der Waals surface area contributed by atoms with E-state index < -0.39 is 18.0 Å². The second kappa shape index (κ2) is 9.17. The van der Waals surface area contributed by atoms with Crippen molar-refractivity contribution in [2.24, 2.45) is 0 Å². The fourth-order valence-corrected chi connectivity index (χ4v) is 2.21. The summed E-state index contributed by atoms with van der Waals surface area (Å²) in [5.41, 5.74) is 0.872. The van der Waals surface area contributed by atoms with E-state index in [-0.39, 0.29) is 12.5 Å². The SMILES string of the molecule is CC(/C=C/c1ncccn1)NC(=O)C(Cc1ccccc1)NC(=O)O. The number of aromatic nitrogens is 2. The first-order valence-electron chi connectivity index (χ1n) is 7.83. The van der Waals surface area contributed by atoms with Crippen molar-refractivity contribution in [1.29, 1.82) is 0 Å². The van der Waals surface area contributed by atoms with E-state index in [4.69, 9.17) is 5.11 Å². The first-order chi connectivity index (χ1) is 12.0. The molecular weight excluding hydrogens is 320 g/mol. The molecule has 2 unspecified atom stereocenters. The van der Waals surface area contributed by atoms with Crippen LogP contribution in [0.25, 0.3) is 6.08 Å². The van der Waals surface area contributed by atoms with Gasteiger partial charge in [0.1, 0.15) is 6.04 Å². The maximum Gasteiger partial charge on any atom is 0.405 e. The normalized spacial score (nSPS) is 13.2. The van der Waals surface area contributed by atoms with E-state index in [0.29, 0.717) is 5.82 Å². The van der Waals surface area contributed by atoms with Crippen LogP contribution in [0.1, 0.15) is 18.3 Å². The highest BCUT2D eigenvalue weighted by atomic mass is 16.4. The largest absolute Gasteiger partial charge is 0.465 e. The molecule has 0 aliphatic carbocycles. The van der Waals surface area contributed by atoms with Gasteiger partial charge in [-0.1, -0.05) is 36.4 Å². The van der Waals surface area contributed by atoms with Crippen molar-refractivity contribution in [2.45, 2.75) is 25.4 Å². The van der Waals surface area contributed by atoms with Crippen molar-refractivity contribution in [3.63, 3.8) is 0 Å². The monoisotopic (exact) mass is 340 g/mol. The number of carboxylic acid groups (broad SMARTS) is 1. The van der Waals surface area contributed by atoms with Crippen molar-refractivity contribution in [3.8, 4) is 0 Å². The summed E-state index contributed by atoms with van der Waals surface area (Å²) in [6, 6.07) is 9.79. The third-order valence-electron chi connectivity index (χ3n) is 3.39. The average Bonchev–Trinajstić information content (AvgIpc) is 2.61. The molecule has 1 aromatic carbocycles. The molecule has 0 saturated carbocycles. The number of carbonyl (C=O) groups is 2. The molecule has 1 heterocycles. The number of hydrogen-bond acceptors (Lipinski definition) is 4. The number of nitrogens with one attached hydrogen (secondary N) is 2. The second-order valence-corrected chi connectivity index (χ2v) is 5.46. The molecule has 0 bridgehead atoms. The van der Waals surface area contributed by atoms with Gasteiger partial charge in [0.15, 0.2) is 5.82 Å². The van der Waals surface area contributed by atoms with E-state index in [2.05, 4.69) is 20.6 Å². The zero-order valence-corrected chi connectivity index (χ0v) is 13.8. The van der Waals surface area contributed by atoms with E-state index in [9.17, 15) is 9.59 Å². The van der Waals surface area contributed by atoms with E-state index in [1.807, 2.05) is 30.3 Å². The fourth-order valence-electron chi connectivity index (χ4n) is 2.21. The highest BCUT2D eigenvalue weighted by Crippen LogP contribution is 2.04. The molecule has 2 amide bonds. The maximum absolute atomic E-state index is 12.4. The Morgan fingerprint density at radius 3 is 2.44 bits per heavy atom. The minimum Gasteiger partial charge on any atom is -0.465 e. The Morgan fingerprint density at radius 2 is 1.80 bits per heavy atom. The van der Waals surface area contributed by atoms with Gasteiger partial charge in [-0.25, -0.2) is 14.8 Å². The lowest BCUT2D eigenvalue weighted by atomic mass is 10.1. The van der Waals surface area contributed by atoms with Gasteiger partial charge in [-0.15, -0.1) is 0 Å². The molecule has 0 saturated heterocycles. The fraction of sp³-hybridized carbons (Fsp3) is 0.222. The first-order valence-corrected chi connectivity index (χ1v) is 7.83. The molecule has 1 aromatic heterocycles. The van der Waals surface area contributed by atoms with Gasteiger partial charge >= 0.3 is 6.09 Å². The van der Waals surface area contributed by atoms with Crippen LogP contribution in [0.5, 0.6) is 0 Å². The Labute approximate surface area is 145 Å². The second-order valence-electron chi connectivity index (χ2n) is 5.46. The first kappa shape index (κ1) is 18.1. The van der Waals surface area contributed by atoms with Crippen molar-refractivity contribution < 1.29 is 14.7 Å². The zero-order chi connectivity index (χ0) is 18.1. The Hall–Kier alpha value is -3.22. The van der Waals surface area contributed by atoms with E-state index in [0.717, 1.165) is 5.56 Å². The van der Waals surface area contributed by atoms with E-state index in [1.54, 1.807) is 37.5 Å². The van der Waals surface area contributed by atoms with Gasteiger partial charge in [0.25, 0.3) is 0 Å². The summed E-state index contributed by atoms with van der Waals surface area (Å²) in [5, 5.41) is 14.0. The van der Waals surface area contributed by atoms with Crippen molar-refractivity contribution in [2.75, 3.05) is 0 Å². The predicted molar refractivity (Wildman–Crippen MR) is 93.8 cm³/mol. The summed E-state index contributed by atoms with van der Waals surface area (Å²) in [4.78, 5) is 31.5. The molecule has 0 aliphatic rings.